The van der Waals surface area contributed by atoms with Crippen molar-refractivity contribution >= 4 is 34.6 Å². The molecule has 0 spiro atoms. The van der Waals surface area contributed by atoms with Crippen LogP contribution in [0.2, 0.25) is 10.0 Å². The van der Waals surface area contributed by atoms with Crippen LogP contribution in [0.5, 0.6) is 0 Å². The predicted molar refractivity (Wildman–Crippen MR) is 86.2 cm³/mol. The zero-order valence-electron chi connectivity index (χ0n) is 11.3. The second-order valence-corrected chi connectivity index (χ2v) is 5.43. The molecule has 0 aliphatic carbocycles. The fourth-order valence-corrected chi connectivity index (χ4v) is 2.47. The summed E-state index contributed by atoms with van der Waals surface area (Å²) in [6, 6.07) is 12.2. The van der Waals surface area contributed by atoms with Crippen LogP contribution in [0.15, 0.2) is 42.5 Å². The SMILES string of the molecule is CCC(Nc1ccc(Cl)c([N+](=O)[O-])c1)c1cccc(Cl)c1. The van der Waals surface area contributed by atoms with Gasteiger partial charge in [0.15, 0.2) is 0 Å². The lowest BCUT2D eigenvalue weighted by Crippen LogP contribution is -2.09. The fourth-order valence-electron chi connectivity index (χ4n) is 2.09. The summed E-state index contributed by atoms with van der Waals surface area (Å²) in [4.78, 5) is 10.4. The lowest BCUT2D eigenvalue weighted by Gasteiger charge is -2.19. The van der Waals surface area contributed by atoms with Crippen molar-refractivity contribution in [2.24, 2.45) is 0 Å². The molecular formula is C15H14Cl2N2O2. The topological polar surface area (TPSA) is 55.2 Å². The molecule has 1 N–H and O–H groups in total. The first-order valence-corrected chi connectivity index (χ1v) is 7.22. The van der Waals surface area contributed by atoms with E-state index < -0.39 is 4.92 Å². The summed E-state index contributed by atoms with van der Waals surface area (Å²) in [6.07, 6.45) is 0.816. The Kier molecular flexibility index (Phi) is 5.04. The molecule has 2 aromatic carbocycles. The number of anilines is 1. The highest BCUT2D eigenvalue weighted by Crippen LogP contribution is 2.30. The van der Waals surface area contributed by atoms with E-state index in [0.29, 0.717) is 10.7 Å². The van der Waals surface area contributed by atoms with Gasteiger partial charge in [-0.15, -0.1) is 0 Å². The van der Waals surface area contributed by atoms with Crippen LogP contribution in [0.4, 0.5) is 11.4 Å². The van der Waals surface area contributed by atoms with Gasteiger partial charge in [-0.2, -0.15) is 0 Å². The molecule has 4 nitrogen and oxygen atoms in total. The Labute approximate surface area is 132 Å². The molecule has 0 radical (unpaired) electrons. The first kappa shape index (κ1) is 15.6. The van der Waals surface area contributed by atoms with Gasteiger partial charge < -0.3 is 5.32 Å². The maximum absolute atomic E-state index is 10.9. The van der Waals surface area contributed by atoms with Crippen LogP contribution in [0.3, 0.4) is 0 Å². The van der Waals surface area contributed by atoms with Crippen molar-refractivity contribution in [3.05, 3.63) is 68.2 Å². The summed E-state index contributed by atoms with van der Waals surface area (Å²) in [5.41, 5.74) is 1.57. The van der Waals surface area contributed by atoms with Crippen molar-refractivity contribution in [2.45, 2.75) is 19.4 Å². The summed E-state index contributed by atoms with van der Waals surface area (Å²) in [6.45, 7) is 2.03. The van der Waals surface area contributed by atoms with Crippen molar-refractivity contribution in [1.29, 1.82) is 0 Å². The van der Waals surface area contributed by atoms with Crippen LogP contribution in [-0.4, -0.2) is 4.92 Å². The minimum atomic E-state index is -0.492. The second kappa shape index (κ2) is 6.78. The molecule has 1 atom stereocenters. The number of halogens is 2. The Balaban J connectivity index is 2.27. The molecule has 0 amide bonds. The minimum Gasteiger partial charge on any atom is -0.378 e. The van der Waals surface area contributed by atoms with Crippen molar-refractivity contribution in [3.63, 3.8) is 0 Å². The minimum absolute atomic E-state index is 0.0180. The monoisotopic (exact) mass is 324 g/mol. The number of nitro groups is 1. The number of hydrogen-bond acceptors (Lipinski definition) is 3. The van der Waals surface area contributed by atoms with E-state index >= 15 is 0 Å². The fraction of sp³-hybridized carbons (Fsp3) is 0.200. The highest BCUT2D eigenvalue weighted by Gasteiger charge is 2.15. The van der Waals surface area contributed by atoms with E-state index in [2.05, 4.69) is 5.32 Å². The smallest absolute Gasteiger partial charge is 0.289 e. The molecule has 0 saturated carbocycles. The summed E-state index contributed by atoms with van der Waals surface area (Å²) in [7, 11) is 0. The third-order valence-electron chi connectivity index (χ3n) is 3.14. The highest BCUT2D eigenvalue weighted by molar-refractivity contribution is 6.32. The van der Waals surface area contributed by atoms with Gasteiger partial charge in [0.05, 0.1) is 11.0 Å². The largest absolute Gasteiger partial charge is 0.378 e. The maximum atomic E-state index is 10.9. The van der Waals surface area contributed by atoms with Crippen LogP contribution in [0.25, 0.3) is 0 Å². The maximum Gasteiger partial charge on any atom is 0.289 e. The Morgan fingerprint density at radius 3 is 2.62 bits per heavy atom. The van der Waals surface area contributed by atoms with E-state index in [4.69, 9.17) is 23.2 Å². The third-order valence-corrected chi connectivity index (χ3v) is 3.70. The number of hydrogen-bond donors (Lipinski definition) is 1. The van der Waals surface area contributed by atoms with Crippen molar-refractivity contribution in [3.8, 4) is 0 Å². The molecule has 1 unspecified atom stereocenters. The molecule has 0 aliphatic rings. The van der Waals surface area contributed by atoms with Crippen LogP contribution >= 0.6 is 23.2 Å². The van der Waals surface area contributed by atoms with Gasteiger partial charge >= 0.3 is 0 Å². The Morgan fingerprint density at radius 2 is 2.00 bits per heavy atom. The summed E-state index contributed by atoms with van der Waals surface area (Å²) in [5.74, 6) is 0. The molecular weight excluding hydrogens is 311 g/mol. The van der Waals surface area contributed by atoms with Crippen LogP contribution < -0.4 is 5.32 Å². The van der Waals surface area contributed by atoms with Crippen LogP contribution in [0.1, 0.15) is 24.9 Å². The van der Waals surface area contributed by atoms with Gasteiger partial charge in [-0.1, -0.05) is 42.3 Å². The van der Waals surface area contributed by atoms with Crippen molar-refractivity contribution in [1.82, 2.24) is 0 Å². The van der Waals surface area contributed by atoms with Gasteiger partial charge in [0.2, 0.25) is 0 Å². The molecule has 2 rings (SSSR count). The lowest BCUT2D eigenvalue weighted by molar-refractivity contribution is -0.384. The van der Waals surface area contributed by atoms with E-state index in [0.717, 1.165) is 12.0 Å². The van der Waals surface area contributed by atoms with E-state index in [1.807, 2.05) is 31.2 Å². The molecule has 6 heteroatoms. The zero-order chi connectivity index (χ0) is 15.4. The lowest BCUT2D eigenvalue weighted by atomic mass is 10.0. The number of rotatable bonds is 5. The third kappa shape index (κ3) is 3.86. The average molecular weight is 325 g/mol. The molecule has 0 fully saturated rings. The average Bonchev–Trinajstić information content (AvgIpc) is 2.46. The van der Waals surface area contributed by atoms with Gasteiger partial charge in [0.25, 0.3) is 5.69 Å². The zero-order valence-corrected chi connectivity index (χ0v) is 12.9. The standard InChI is InChI=1S/C15H14Cl2N2O2/c1-2-14(10-4-3-5-11(16)8-10)18-12-6-7-13(17)15(9-12)19(20)21/h3-9,14,18H,2H2,1H3. The molecule has 21 heavy (non-hydrogen) atoms. The summed E-state index contributed by atoms with van der Waals surface area (Å²) < 4.78 is 0. The van der Waals surface area contributed by atoms with Crippen LogP contribution in [-0.2, 0) is 0 Å². The molecule has 0 heterocycles. The second-order valence-electron chi connectivity index (χ2n) is 4.58. The molecule has 0 aliphatic heterocycles. The number of nitro benzene ring substituents is 1. The van der Waals surface area contributed by atoms with Crippen LogP contribution in [0, 0.1) is 10.1 Å². The van der Waals surface area contributed by atoms with Gasteiger partial charge in [0, 0.05) is 16.8 Å². The number of nitrogens with zero attached hydrogens (tertiary/aromatic N) is 1. The first-order valence-electron chi connectivity index (χ1n) is 6.47. The van der Waals surface area contributed by atoms with E-state index in [9.17, 15) is 10.1 Å². The van der Waals surface area contributed by atoms with Crippen molar-refractivity contribution < 1.29 is 4.92 Å². The van der Waals surface area contributed by atoms with Gasteiger partial charge in [-0.05, 0) is 36.2 Å². The molecule has 110 valence electrons. The Hall–Kier alpha value is -1.78. The number of benzene rings is 2. The van der Waals surface area contributed by atoms with E-state index in [1.54, 1.807) is 6.07 Å². The first-order chi connectivity index (χ1) is 10.0. The van der Waals surface area contributed by atoms with Gasteiger partial charge in [0.1, 0.15) is 5.02 Å². The molecule has 0 bridgehead atoms. The van der Waals surface area contributed by atoms with Gasteiger partial charge in [-0.25, -0.2) is 0 Å². The Bertz CT molecular complexity index is 662. The molecule has 0 saturated heterocycles. The Morgan fingerprint density at radius 1 is 1.24 bits per heavy atom. The van der Waals surface area contributed by atoms with E-state index in [-0.39, 0.29) is 16.8 Å². The summed E-state index contributed by atoms with van der Waals surface area (Å²) >= 11 is 11.8. The quantitative estimate of drug-likeness (QED) is 0.586. The van der Waals surface area contributed by atoms with Gasteiger partial charge in [-0.3, -0.25) is 10.1 Å². The summed E-state index contributed by atoms with van der Waals surface area (Å²) in [5, 5.41) is 15.0. The van der Waals surface area contributed by atoms with Crippen molar-refractivity contribution in [2.75, 3.05) is 5.32 Å². The molecule has 0 aromatic heterocycles. The normalized spacial score (nSPS) is 12.0. The van der Waals surface area contributed by atoms with E-state index in [1.165, 1.54) is 12.1 Å². The number of nitrogens with one attached hydrogen (secondary N) is 1. The highest BCUT2D eigenvalue weighted by atomic mass is 35.5. The molecule has 2 aromatic rings. The predicted octanol–water partition coefficient (Wildman–Crippen LogP) is 5.46.